The fourth-order valence-electron chi connectivity index (χ4n) is 1.84. The lowest BCUT2D eigenvalue weighted by Gasteiger charge is -2.26. The first-order valence-corrected chi connectivity index (χ1v) is 7.39. The van der Waals surface area contributed by atoms with E-state index in [0.717, 1.165) is 11.3 Å². The molecule has 1 aromatic carbocycles. The second-order valence-corrected chi connectivity index (χ2v) is 6.61. The molecule has 4 nitrogen and oxygen atoms in total. The van der Waals surface area contributed by atoms with E-state index >= 15 is 0 Å². The molecule has 0 bridgehead atoms. The van der Waals surface area contributed by atoms with E-state index in [2.05, 4.69) is 5.32 Å². The molecule has 94 valence electrons. The summed E-state index contributed by atoms with van der Waals surface area (Å²) in [6.07, 6.45) is 0.517. The zero-order valence-corrected chi connectivity index (χ0v) is 10.7. The smallest absolute Gasteiger partial charge is 0.155 e. The van der Waals surface area contributed by atoms with Crippen LogP contribution < -0.4 is 10.1 Å². The molecule has 0 atom stereocenters. The minimum atomic E-state index is -2.96. The predicted octanol–water partition coefficient (Wildman–Crippen LogP) is 0.624. The van der Waals surface area contributed by atoms with Crippen LogP contribution in [0.5, 0.6) is 5.75 Å². The number of ether oxygens (including phenoxy) is 1. The summed E-state index contributed by atoms with van der Waals surface area (Å²) in [7, 11) is -1.36. The summed E-state index contributed by atoms with van der Waals surface area (Å²) in [5.74, 6) is 0.953. The molecule has 1 aromatic rings. The summed E-state index contributed by atoms with van der Waals surface area (Å²) in [6, 6.07) is 7.54. The molecule has 0 aliphatic carbocycles. The lowest BCUT2D eigenvalue weighted by Crippen LogP contribution is -2.52. The van der Waals surface area contributed by atoms with Gasteiger partial charge in [-0.2, -0.15) is 0 Å². The number of nitrogens with one attached hydrogen (secondary N) is 1. The van der Waals surface area contributed by atoms with Crippen LogP contribution in [-0.2, 0) is 16.3 Å². The first-order valence-electron chi connectivity index (χ1n) is 5.67. The molecule has 1 fully saturated rings. The largest absolute Gasteiger partial charge is 0.496 e. The highest BCUT2D eigenvalue weighted by atomic mass is 32.2. The highest BCUT2D eigenvalue weighted by molar-refractivity contribution is 7.92. The lowest BCUT2D eigenvalue weighted by atomic mass is 10.1. The second kappa shape index (κ2) is 5.06. The van der Waals surface area contributed by atoms with Gasteiger partial charge < -0.3 is 10.1 Å². The van der Waals surface area contributed by atoms with E-state index in [1.165, 1.54) is 0 Å². The molecule has 1 aliphatic rings. The van der Waals surface area contributed by atoms with Gasteiger partial charge in [0.25, 0.3) is 0 Å². The third-order valence-corrected chi connectivity index (χ3v) is 5.22. The van der Waals surface area contributed by atoms with Gasteiger partial charge in [0.15, 0.2) is 9.84 Å². The fraction of sp³-hybridized carbons (Fsp3) is 0.500. The zero-order valence-electron chi connectivity index (χ0n) is 9.85. The van der Waals surface area contributed by atoms with Crippen molar-refractivity contribution in [3.8, 4) is 5.75 Å². The Labute approximate surface area is 102 Å². The van der Waals surface area contributed by atoms with Gasteiger partial charge in [0, 0.05) is 13.1 Å². The number of sulfone groups is 1. The van der Waals surface area contributed by atoms with Crippen LogP contribution in [-0.4, -0.2) is 39.6 Å². The van der Waals surface area contributed by atoms with Crippen LogP contribution in [0.1, 0.15) is 5.56 Å². The van der Waals surface area contributed by atoms with Gasteiger partial charge in [0.2, 0.25) is 0 Å². The molecule has 0 aromatic heterocycles. The van der Waals surface area contributed by atoms with E-state index in [1.54, 1.807) is 7.11 Å². The molecule has 17 heavy (non-hydrogen) atoms. The van der Waals surface area contributed by atoms with E-state index in [-0.39, 0.29) is 11.0 Å². The molecule has 0 saturated carbocycles. The van der Waals surface area contributed by atoms with Gasteiger partial charge in [-0.05, 0) is 18.1 Å². The molecule has 0 spiro atoms. The second-order valence-electron chi connectivity index (χ2n) is 4.21. The van der Waals surface area contributed by atoms with Crippen molar-refractivity contribution in [2.75, 3.05) is 26.0 Å². The maximum atomic E-state index is 11.9. The normalized spacial score (nSPS) is 16.5. The number of rotatable bonds is 5. The van der Waals surface area contributed by atoms with Crippen molar-refractivity contribution in [3.05, 3.63) is 29.8 Å². The summed E-state index contributed by atoms with van der Waals surface area (Å²) in [5, 5.41) is 2.79. The van der Waals surface area contributed by atoms with Gasteiger partial charge in [-0.15, -0.1) is 0 Å². The van der Waals surface area contributed by atoms with E-state index in [9.17, 15) is 8.42 Å². The minimum Gasteiger partial charge on any atom is -0.496 e. The van der Waals surface area contributed by atoms with E-state index < -0.39 is 9.84 Å². The summed E-state index contributed by atoms with van der Waals surface area (Å²) in [6.45, 7) is 1.18. The van der Waals surface area contributed by atoms with Crippen molar-refractivity contribution < 1.29 is 13.2 Å². The molecular weight excluding hydrogens is 238 g/mol. The quantitative estimate of drug-likeness (QED) is 0.838. The topological polar surface area (TPSA) is 55.4 Å². The molecule has 0 radical (unpaired) electrons. The summed E-state index contributed by atoms with van der Waals surface area (Å²) >= 11 is 0. The van der Waals surface area contributed by atoms with Crippen LogP contribution in [0, 0.1) is 0 Å². The van der Waals surface area contributed by atoms with Crippen LogP contribution in [0.2, 0.25) is 0 Å². The van der Waals surface area contributed by atoms with Crippen molar-refractivity contribution in [1.29, 1.82) is 0 Å². The van der Waals surface area contributed by atoms with E-state index in [0.29, 0.717) is 19.5 Å². The Bertz CT molecular complexity index is 480. The number of aryl methyl sites for hydroxylation is 1. The van der Waals surface area contributed by atoms with E-state index in [4.69, 9.17) is 4.74 Å². The Morgan fingerprint density at radius 3 is 2.65 bits per heavy atom. The molecule has 0 amide bonds. The van der Waals surface area contributed by atoms with Gasteiger partial charge in [-0.3, -0.25) is 0 Å². The van der Waals surface area contributed by atoms with Crippen LogP contribution in [0.3, 0.4) is 0 Å². The van der Waals surface area contributed by atoms with Crippen molar-refractivity contribution in [2.45, 2.75) is 11.7 Å². The van der Waals surface area contributed by atoms with Gasteiger partial charge in [-0.1, -0.05) is 18.2 Å². The summed E-state index contributed by atoms with van der Waals surface area (Å²) in [4.78, 5) is 0. The molecular formula is C12H17NO3S. The maximum absolute atomic E-state index is 11.9. The Morgan fingerprint density at radius 2 is 2.06 bits per heavy atom. The third kappa shape index (κ3) is 2.79. The van der Waals surface area contributed by atoms with Crippen LogP contribution >= 0.6 is 0 Å². The van der Waals surface area contributed by atoms with Crippen molar-refractivity contribution in [3.63, 3.8) is 0 Å². The number of para-hydroxylation sites is 1. The number of methoxy groups -OCH3 is 1. The van der Waals surface area contributed by atoms with Gasteiger partial charge in [0.1, 0.15) is 5.75 Å². The molecule has 1 saturated heterocycles. The standard InChI is InChI=1S/C12H17NO3S/c1-16-12-5-3-2-4-10(12)6-7-17(14,15)11-8-13-9-11/h2-5,11,13H,6-9H2,1H3. The van der Waals surface area contributed by atoms with Gasteiger partial charge >= 0.3 is 0 Å². The van der Waals surface area contributed by atoms with Crippen LogP contribution in [0.4, 0.5) is 0 Å². The lowest BCUT2D eigenvalue weighted by molar-refractivity contribution is 0.410. The highest BCUT2D eigenvalue weighted by Gasteiger charge is 2.30. The molecule has 5 heteroatoms. The van der Waals surface area contributed by atoms with Crippen molar-refractivity contribution in [1.82, 2.24) is 5.32 Å². The van der Waals surface area contributed by atoms with Gasteiger partial charge in [0.05, 0.1) is 18.1 Å². The third-order valence-electron chi connectivity index (χ3n) is 3.10. The molecule has 1 N–H and O–H groups in total. The zero-order chi connectivity index (χ0) is 12.3. The van der Waals surface area contributed by atoms with Crippen molar-refractivity contribution >= 4 is 9.84 Å². The number of hydrogen-bond donors (Lipinski definition) is 1. The van der Waals surface area contributed by atoms with Crippen LogP contribution in [0.25, 0.3) is 0 Å². The Hall–Kier alpha value is -1.07. The summed E-state index contributed by atoms with van der Waals surface area (Å²) < 4.78 is 29.0. The summed E-state index contributed by atoms with van der Waals surface area (Å²) in [5.41, 5.74) is 0.950. The first kappa shape index (κ1) is 12.4. The molecule has 1 heterocycles. The Morgan fingerprint density at radius 1 is 1.35 bits per heavy atom. The minimum absolute atomic E-state index is 0.194. The number of hydrogen-bond acceptors (Lipinski definition) is 4. The van der Waals surface area contributed by atoms with Crippen LogP contribution in [0.15, 0.2) is 24.3 Å². The average Bonchev–Trinajstić information content (AvgIpc) is 2.24. The van der Waals surface area contributed by atoms with E-state index in [1.807, 2.05) is 24.3 Å². The molecule has 1 aliphatic heterocycles. The van der Waals surface area contributed by atoms with Gasteiger partial charge in [-0.25, -0.2) is 8.42 Å². The SMILES string of the molecule is COc1ccccc1CCS(=O)(=O)C1CNC1. The Kier molecular flexibility index (Phi) is 3.69. The average molecular weight is 255 g/mol. The molecule has 2 rings (SSSR count). The predicted molar refractivity (Wildman–Crippen MR) is 67.1 cm³/mol. The molecule has 0 unspecified atom stereocenters. The highest BCUT2D eigenvalue weighted by Crippen LogP contribution is 2.19. The monoisotopic (exact) mass is 255 g/mol. The number of benzene rings is 1. The Balaban J connectivity index is 2.02. The maximum Gasteiger partial charge on any atom is 0.155 e. The first-order chi connectivity index (χ1) is 8.13. The van der Waals surface area contributed by atoms with Crippen molar-refractivity contribution in [2.24, 2.45) is 0 Å². The fourth-order valence-corrected chi connectivity index (χ4v) is 3.43.